The molecule has 0 bridgehead atoms. The Morgan fingerprint density at radius 3 is 2.45 bits per heavy atom. The second kappa shape index (κ2) is 8.51. The average Bonchev–Trinajstić information content (AvgIpc) is 2.82. The van der Waals surface area contributed by atoms with E-state index in [2.05, 4.69) is 0 Å². The number of aliphatic hydroxyl groups is 2. The number of nitrogens with two attached hydrogens (primary N) is 1. The van der Waals surface area contributed by atoms with Crippen molar-refractivity contribution in [2.24, 2.45) is 5.73 Å². The number of benzene rings is 3. The van der Waals surface area contributed by atoms with Crippen molar-refractivity contribution in [2.45, 2.75) is 18.4 Å². The first-order chi connectivity index (χ1) is 15.0. The molecule has 6 nitrogen and oxygen atoms in total. The molecule has 3 aromatic carbocycles. The molecule has 0 aliphatic heterocycles. The molecule has 0 atom stereocenters. The Labute approximate surface area is 179 Å². The van der Waals surface area contributed by atoms with Gasteiger partial charge in [0.05, 0.1) is 36.6 Å². The number of aryl methyl sites for hydroxylation is 1. The number of methoxy groups -OCH3 is 1. The molecule has 0 amide bonds. The summed E-state index contributed by atoms with van der Waals surface area (Å²) in [6.45, 7) is -0.612. The topological polar surface area (TPSA) is 106 Å². The highest BCUT2D eigenvalue weighted by Gasteiger charge is 2.22. The minimum Gasteiger partial charge on any atom is -0.497 e. The van der Waals surface area contributed by atoms with Crippen molar-refractivity contribution in [3.8, 4) is 16.9 Å². The second-order valence-corrected chi connectivity index (χ2v) is 7.88. The smallest absolute Gasteiger partial charge is 0.200 e. The van der Waals surface area contributed by atoms with E-state index in [1.807, 2.05) is 42.5 Å². The lowest BCUT2D eigenvalue weighted by Crippen LogP contribution is -2.47. The van der Waals surface area contributed by atoms with Crippen LogP contribution < -0.4 is 15.9 Å². The Morgan fingerprint density at radius 1 is 0.935 bits per heavy atom. The Balaban J connectivity index is 1.73. The van der Waals surface area contributed by atoms with Crippen molar-refractivity contribution < 1.29 is 19.4 Å². The van der Waals surface area contributed by atoms with Gasteiger partial charge in [0.2, 0.25) is 5.43 Å². The summed E-state index contributed by atoms with van der Waals surface area (Å²) >= 11 is 0. The van der Waals surface area contributed by atoms with Crippen LogP contribution in [0.25, 0.3) is 33.1 Å². The Morgan fingerprint density at radius 2 is 1.71 bits per heavy atom. The minimum atomic E-state index is -1.04. The summed E-state index contributed by atoms with van der Waals surface area (Å²) in [6.07, 6.45) is 0.925. The molecule has 0 fully saturated rings. The molecule has 6 heteroatoms. The molecule has 4 N–H and O–H groups in total. The van der Waals surface area contributed by atoms with Gasteiger partial charge >= 0.3 is 0 Å². The maximum atomic E-state index is 13.1. The maximum absolute atomic E-state index is 13.1. The third-order valence-electron chi connectivity index (χ3n) is 5.68. The lowest BCUT2D eigenvalue weighted by Gasteiger charge is -2.24. The number of aliphatic hydroxyl groups excluding tert-OH is 2. The van der Waals surface area contributed by atoms with E-state index in [1.54, 1.807) is 25.3 Å². The quantitative estimate of drug-likeness (QED) is 0.397. The van der Waals surface area contributed by atoms with Crippen molar-refractivity contribution in [1.82, 2.24) is 0 Å². The van der Waals surface area contributed by atoms with E-state index in [0.717, 1.165) is 22.4 Å². The lowest BCUT2D eigenvalue weighted by atomic mass is 9.93. The molecule has 0 spiro atoms. The van der Waals surface area contributed by atoms with Gasteiger partial charge in [-0.3, -0.25) is 4.79 Å². The van der Waals surface area contributed by atoms with Crippen LogP contribution >= 0.6 is 0 Å². The van der Waals surface area contributed by atoms with E-state index in [4.69, 9.17) is 14.9 Å². The molecule has 0 saturated carbocycles. The molecule has 4 aromatic rings. The van der Waals surface area contributed by atoms with Crippen LogP contribution in [0.5, 0.6) is 5.75 Å². The van der Waals surface area contributed by atoms with Gasteiger partial charge in [0, 0.05) is 0 Å². The van der Waals surface area contributed by atoms with Gasteiger partial charge in [-0.25, -0.2) is 0 Å². The summed E-state index contributed by atoms with van der Waals surface area (Å²) in [5.74, 6) is 0.758. The van der Waals surface area contributed by atoms with Gasteiger partial charge in [-0.1, -0.05) is 24.3 Å². The average molecular weight is 419 g/mol. The predicted molar refractivity (Wildman–Crippen MR) is 121 cm³/mol. The minimum absolute atomic E-state index is 0.0985. The second-order valence-electron chi connectivity index (χ2n) is 7.88. The summed E-state index contributed by atoms with van der Waals surface area (Å²) in [5, 5.41) is 19.8. The Hall–Kier alpha value is -3.19. The van der Waals surface area contributed by atoms with Crippen molar-refractivity contribution in [3.63, 3.8) is 0 Å². The van der Waals surface area contributed by atoms with Crippen LogP contribution in [-0.4, -0.2) is 36.1 Å². The highest BCUT2D eigenvalue weighted by Crippen LogP contribution is 2.28. The Bertz CT molecular complexity index is 1290. The standard InChI is InChI=1S/C25H25NO5/c1-30-19-4-2-3-17(12-19)18-6-7-20-23(13-18)31-22-8-5-16(11-21(22)24(20)29)9-10-25(26,14-27)15-28/h2-8,11-13,27-28H,9-10,14-15,26H2,1H3. The molecule has 160 valence electrons. The van der Waals surface area contributed by atoms with Crippen LogP contribution in [0, 0.1) is 0 Å². The normalized spacial score (nSPS) is 11.9. The summed E-state index contributed by atoms with van der Waals surface area (Å²) in [5.41, 5.74) is 8.63. The molecule has 31 heavy (non-hydrogen) atoms. The zero-order chi connectivity index (χ0) is 22.0. The molecule has 1 heterocycles. The van der Waals surface area contributed by atoms with Crippen LogP contribution in [0.4, 0.5) is 0 Å². The van der Waals surface area contributed by atoms with E-state index in [1.165, 1.54) is 0 Å². The van der Waals surface area contributed by atoms with Gasteiger partial charge in [-0.2, -0.15) is 0 Å². The molecule has 0 unspecified atom stereocenters. The van der Waals surface area contributed by atoms with Gasteiger partial charge in [0.15, 0.2) is 0 Å². The summed E-state index contributed by atoms with van der Waals surface area (Å²) in [7, 11) is 1.63. The monoisotopic (exact) mass is 419 g/mol. The summed E-state index contributed by atoms with van der Waals surface area (Å²) < 4.78 is 11.4. The fourth-order valence-electron chi connectivity index (χ4n) is 3.64. The van der Waals surface area contributed by atoms with Gasteiger partial charge in [-0.15, -0.1) is 0 Å². The summed E-state index contributed by atoms with van der Waals surface area (Å²) in [4.78, 5) is 13.1. The fraction of sp³-hybridized carbons (Fsp3) is 0.240. The highest BCUT2D eigenvalue weighted by atomic mass is 16.5. The van der Waals surface area contributed by atoms with Gasteiger partial charge in [-0.05, 0) is 65.9 Å². The fourth-order valence-corrected chi connectivity index (χ4v) is 3.64. The zero-order valence-electron chi connectivity index (χ0n) is 17.3. The molecule has 0 aliphatic carbocycles. The molecule has 4 rings (SSSR count). The van der Waals surface area contributed by atoms with Crippen LogP contribution in [0.3, 0.4) is 0 Å². The molecular formula is C25H25NO5. The van der Waals surface area contributed by atoms with Crippen molar-refractivity contribution in [1.29, 1.82) is 0 Å². The molecule has 0 saturated heterocycles. The van der Waals surface area contributed by atoms with E-state index in [0.29, 0.717) is 34.8 Å². The van der Waals surface area contributed by atoms with E-state index in [9.17, 15) is 15.0 Å². The first-order valence-electron chi connectivity index (χ1n) is 10.1. The maximum Gasteiger partial charge on any atom is 0.200 e. The van der Waals surface area contributed by atoms with E-state index in [-0.39, 0.29) is 18.6 Å². The zero-order valence-corrected chi connectivity index (χ0v) is 17.3. The molecule has 1 aromatic heterocycles. The van der Waals surface area contributed by atoms with Crippen LogP contribution in [0.15, 0.2) is 69.9 Å². The van der Waals surface area contributed by atoms with Crippen molar-refractivity contribution in [2.75, 3.05) is 20.3 Å². The van der Waals surface area contributed by atoms with Crippen molar-refractivity contribution >= 4 is 21.9 Å². The first-order valence-corrected chi connectivity index (χ1v) is 10.1. The molecular weight excluding hydrogens is 394 g/mol. The van der Waals surface area contributed by atoms with E-state index < -0.39 is 5.54 Å². The first kappa shape index (κ1) is 21.1. The predicted octanol–water partition coefficient (Wildman–Crippen LogP) is 3.24. The largest absolute Gasteiger partial charge is 0.497 e. The highest BCUT2D eigenvalue weighted by molar-refractivity contribution is 5.92. The number of rotatable bonds is 7. The number of hydrogen-bond acceptors (Lipinski definition) is 6. The number of ether oxygens (including phenoxy) is 1. The number of fused-ring (bicyclic) bond motifs is 2. The SMILES string of the molecule is COc1cccc(-c2ccc3c(=O)c4cc(CCC(N)(CO)CO)ccc4oc3c2)c1. The van der Waals surface area contributed by atoms with Gasteiger partial charge in [0.25, 0.3) is 0 Å². The van der Waals surface area contributed by atoms with Gasteiger partial charge < -0.3 is 25.1 Å². The third-order valence-corrected chi connectivity index (χ3v) is 5.68. The van der Waals surface area contributed by atoms with Gasteiger partial charge in [0.1, 0.15) is 16.9 Å². The lowest BCUT2D eigenvalue weighted by molar-refractivity contribution is 0.115. The third kappa shape index (κ3) is 4.18. The summed E-state index contributed by atoms with van der Waals surface area (Å²) in [6, 6.07) is 18.7. The number of hydrogen-bond donors (Lipinski definition) is 3. The molecule has 0 aliphatic rings. The van der Waals surface area contributed by atoms with Crippen LogP contribution in [0.2, 0.25) is 0 Å². The molecule has 0 radical (unpaired) electrons. The van der Waals surface area contributed by atoms with E-state index >= 15 is 0 Å². The van der Waals surface area contributed by atoms with Crippen molar-refractivity contribution in [3.05, 3.63) is 76.5 Å². The van der Waals surface area contributed by atoms with Crippen LogP contribution in [-0.2, 0) is 6.42 Å². The van der Waals surface area contributed by atoms with Crippen LogP contribution in [0.1, 0.15) is 12.0 Å². The Kier molecular flexibility index (Phi) is 5.78.